The molecule has 1 saturated heterocycles. The average molecular weight is 334 g/mol. The molecule has 0 radical (unpaired) electrons. The summed E-state index contributed by atoms with van der Waals surface area (Å²) in [6.45, 7) is 4.50. The van der Waals surface area contributed by atoms with Crippen LogP contribution in [0, 0.1) is 11.6 Å². The molecule has 2 aromatic rings. The van der Waals surface area contributed by atoms with Crippen molar-refractivity contribution in [2.75, 3.05) is 33.3 Å². The first-order valence-corrected chi connectivity index (χ1v) is 7.88. The fourth-order valence-corrected chi connectivity index (χ4v) is 2.76. The summed E-state index contributed by atoms with van der Waals surface area (Å²) in [6, 6.07) is 6.62. The van der Waals surface area contributed by atoms with E-state index in [9.17, 15) is 8.78 Å². The van der Waals surface area contributed by atoms with Crippen molar-refractivity contribution in [1.82, 2.24) is 19.8 Å². The molecule has 1 aliphatic rings. The van der Waals surface area contributed by atoms with Crippen molar-refractivity contribution in [2.45, 2.75) is 13.1 Å². The van der Waals surface area contributed by atoms with Gasteiger partial charge in [-0.3, -0.25) is 14.8 Å². The molecule has 0 aromatic carbocycles. The van der Waals surface area contributed by atoms with E-state index in [1.54, 1.807) is 7.11 Å². The molecule has 3 heterocycles. The van der Waals surface area contributed by atoms with Crippen molar-refractivity contribution in [3.8, 4) is 5.88 Å². The van der Waals surface area contributed by atoms with E-state index >= 15 is 0 Å². The lowest BCUT2D eigenvalue weighted by Crippen LogP contribution is -2.45. The van der Waals surface area contributed by atoms with Crippen LogP contribution in [-0.4, -0.2) is 53.1 Å². The maximum atomic E-state index is 13.7. The van der Waals surface area contributed by atoms with Crippen LogP contribution in [0.2, 0.25) is 0 Å². The van der Waals surface area contributed by atoms with Gasteiger partial charge >= 0.3 is 0 Å². The molecule has 0 aliphatic carbocycles. The third kappa shape index (κ3) is 4.24. The largest absolute Gasteiger partial charge is 0.481 e. The number of nitrogens with zero attached hydrogens (tertiary/aromatic N) is 4. The SMILES string of the molecule is COc1cccc(CN2CCN(Cc3ncc(F)cc3F)CC2)n1. The maximum absolute atomic E-state index is 13.7. The van der Waals surface area contributed by atoms with Gasteiger partial charge in [-0.1, -0.05) is 6.07 Å². The zero-order valence-electron chi connectivity index (χ0n) is 13.6. The van der Waals surface area contributed by atoms with Gasteiger partial charge in [0.1, 0.15) is 11.6 Å². The lowest BCUT2D eigenvalue weighted by Gasteiger charge is -2.34. The van der Waals surface area contributed by atoms with E-state index in [1.807, 2.05) is 18.2 Å². The van der Waals surface area contributed by atoms with Gasteiger partial charge in [-0.05, 0) is 6.07 Å². The Kier molecular flexibility index (Phi) is 5.32. The van der Waals surface area contributed by atoms with Gasteiger partial charge in [-0.25, -0.2) is 13.8 Å². The molecule has 0 saturated carbocycles. The van der Waals surface area contributed by atoms with Crippen molar-refractivity contribution in [1.29, 1.82) is 0 Å². The van der Waals surface area contributed by atoms with Crippen LogP contribution in [0.1, 0.15) is 11.4 Å². The minimum atomic E-state index is -0.646. The van der Waals surface area contributed by atoms with Crippen LogP contribution in [0.25, 0.3) is 0 Å². The molecule has 0 bridgehead atoms. The summed E-state index contributed by atoms with van der Waals surface area (Å²) in [5.41, 5.74) is 1.26. The summed E-state index contributed by atoms with van der Waals surface area (Å²) in [4.78, 5) is 12.7. The quantitative estimate of drug-likeness (QED) is 0.837. The number of aromatic nitrogens is 2. The highest BCUT2D eigenvalue weighted by molar-refractivity contribution is 5.15. The molecule has 1 fully saturated rings. The monoisotopic (exact) mass is 334 g/mol. The second-order valence-corrected chi connectivity index (χ2v) is 5.81. The van der Waals surface area contributed by atoms with E-state index in [0.29, 0.717) is 18.1 Å². The molecule has 24 heavy (non-hydrogen) atoms. The van der Waals surface area contributed by atoms with Gasteiger partial charge in [0.05, 0.1) is 24.7 Å². The normalized spacial score (nSPS) is 16.3. The Bertz CT molecular complexity index is 690. The number of hydrogen-bond donors (Lipinski definition) is 0. The molecule has 0 N–H and O–H groups in total. The summed E-state index contributed by atoms with van der Waals surface area (Å²) in [5, 5.41) is 0. The Balaban J connectivity index is 1.52. The van der Waals surface area contributed by atoms with Crippen LogP contribution in [0.5, 0.6) is 5.88 Å². The van der Waals surface area contributed by atoms with Crippen molar-refractivity contribution in [2.24, 2.45) is 0 Å². The van der Waals surface area contributed by atoms with Crippen molar-refractivity contribution in [3.05, 3.63) is 53.5 Å². The van der Waals surface area contributed by atoms with Gasteiger partial charge in [0, 0.05) is 51.4 Å². The number of piperazine rings is 1. The molecular formula is C17H20F2N4O. The van der Waals surface area contributed by atoms with E-state index in [2.05, 4.69) is 19.8 Å². The van der Waals surface area contributed by atoms with Gasteiger partial charge in [-0.2, -0.15) is 0 Å². The van der Waals surface area contributed by atoms with Crippen molar-refractivity contribution < 1.29 is 13.5 Å². The van der Waals surface area contributed by atoms with Crippen LogP contribution in [-0.2, 0) is 13.1 Å². The first-order chi connectivity index (χ1) is 11.6. The van der Waals surface area contributed by atoms with Gasteiger partial charge in [-0.15, -0.1) is 0 Å². The highest BCUT2D eigenvalue weighted by atomic mass is 19.1. The molecule has 7 heteroatoms. The first kappa shape index (κ1) is 16.7. The van der Waals surface area contributed by atoms with Gasteiger partial charge in [0.2, 0.25) is 5.88 Å². The molecule has 0 atom stereocenters. The van der Waals surface area contributed by atoms with E-state index < -0.39 is 11.6 Å². The van der Waals surface area contributed by atoms with E-state index in [0.717, 1.165) is 50.7 Å². The zero-order chi connectivity index (χ0) is 16.9. The Labute approximate surface area is 139 Å². The molecule has 1 aliphatic heterocycles. The van der Waals surface area contributed by atoms with Gasteiger partial charge < -0.3 is 4.74 Å². The maximum Gasteiger partial charge on any atom is 0.213 e. The van der Waals surface area contributed by atoms with E-state index in [1.165, 1.54) is 0 Å². The second-order valence-electron chi connectivity index (χ2n) is 5.81. The summed E-state index contributed by atoms with van der Waals surface area (Å²) < 4.78 is 31.7. The third-order valence-corrected chi connectivity index (χ3v) is 4.10. The minimum absolute atomic E-state index is 0.291. The Morgan fingerprint density at radius 2 is 1.79 bits per heavy atom. The zero-order valence-corrected chi connectivity index (χ0v) is 13.6. The standard InChI is InChI=1S/C17H20F2N4O/c1-24-17-4-2-3-14(21-17)11-22-5-7-23(8-6-22)12-16-15(19)9-13(18)10-20-16/h2-4,9-10H,5-8,11-12H2,1H3. The number of methoxy groups -OCH3 is 1. The highest BCUT2D eigenvalue weighted by Gasteiger charge is 2.19. The summed E-state index contributed by atoms with van der Waals surface area (Å²) in [7, 11) is 1.60. The van der Waals surface area contributed by atoms with Crippen LogP contribution in [0.15, 0.2) is 30.5 Å². The van der Waals surface area contributed by atoms with E-state index in [-0.39, 0.29) is 0 Å². The lowest BCUT2D eigenvalue weighted by molar-refractivity contribution is 0.118. The Morgan fingerprint density at radius 3 is 2.46 bits per heavy atom. The van der Waals surface area contributed by atoms with E-state index in [4.69, 9.17) is 4.74 Å². The Hall–Kier alpha value is -2.12. The number of rotatable bonds is 5. The van der Waals surface area contributed by atoms with Crippen LogP contribution >= 0.6 is 0 Å². The number of hydrogen-bond acceptors (Lipinski definition) is 5. The number of ether oxygens (including phenoxy) is 1. The second kappa shape index (κ2) is 7.63. The third-order valence-electron chi connectivity index (χ3n) is 4.10. The smallest absolute Gasteiger partial charge is 0.213 e. The Morgan fingerprint density at radius 1 is 1.08 bits per heavy atom. The molecular weight excluding hydrogens is 314 g/mol. The van der Waals surface area contributed by atoms with Crippen LogP contribution < -0.4 is 4.74 Å². The molecule has 3 rings (SSSR count). The minimum Gasteiger partial charge on any atom is -0.481 e. The average Bonchev–Trinajstić information content (AvgIpc) is 2.59. The lowest BCUT2D eigenvalue weighted by atomic mass is 10.2. The van der Waals surface area contributed by atoms with Crippen molar-refractivity contribution in [3.63, 3.8) is 0 Å². The topological polar surface area (TPSA) is 41.5 Å². The summed E-state index contributed by atoms with van der Waals surface area (Å²) >= 11 is 0. The fourth-order valence-electron chi connectivity index (χ4n) is 2.76. The van der Waals surface area contributed by atoms with Crippen molar-refractivity contribution >= 4 is 0 Å². The highest BCUT2D eigenvalue weighted by Crippen LogP contribution is 2.14. The van der Waals surface area contributed by atoms with Crippen LogP contribution in [0.4, 0.5) is 8.78 Å². The van der Waals surface area contributed by atoms with Gasteiger partial charge in [0.15, 0.2) is 0 Å². The number of halogens is 2. The van der Waals surface area contributed by atoms with Crippen LogP contribution in [0.3, 0.4) is 0 Å². The molecule has 2 aromatic heterocycles. The molecule has 0 spiro atoms. The predicted molar refractivity (Wildman–Crippen MR) is 85.5 cm³/mol. The molecule has 5 nitrogen and oxygen atoms in total. The summed E-state index contributed by atoms with van der Waals surface area (Å²) in [6.07, 6.45) is 1.06. The molecule has 128 valence electrons. The summed E-state index contributed by atoms with van der Waals surface area (Å²) in [5.74, 6) is -0.617. The van der Waals surface area contributed by atoms with Gasteiger partial charge in [0.25, 0.3) is 0 Å². The molecule has 0 amide bonds. The fraction of sp³-hybridized carbons (Fsp3) is 0.412. The predicted octanol–water partition coefficient (Wildman–Crippen LogP) is 2.08. The first-order valence-electron chi connectivity index (χ1n) is 7.88. The number of pyridine rings is 2. The molecule has 0 unspecified atom stereocenters.